The minimum absolute atomic E-state index is 0.102. The van der Waals surface area contributed by atoms with E-state index in [0.29, 0.717) is 17.8 Å². The van der Waals surface area contributed by atoms with Crippen LogP contribution in [0.5, 0.6) is 0 Å². The van der Waals surface area contributed by atoms with Crippen molar-refractivity contribution in [2.45, 2.75) is 63.7 Å². The van der Waals surface area contributed by atoms with E-state index in [2.05, 4.69) is 40.9 Å². The highest BCUT2D eigenvalue weighted by Gasteiger charge is 2.53. The molecule has 3 aliphatic rings. The fourth-order valence-corrected chi connectivity index (χ4v) is 4.15. The van der Waals surface area contributed by atoms with Crippen molar-refractivity contribution in [1.82, 2.24) is 20.1 Å². The zero-order valence-electron chi connectivity index (χ0n) is 15.2. The van der Waals surface area contributed by atoms with Crippen LogP contribution in [0.1, 0.15) is 51.7 Å². The molecule has 136 valence electrons. The number of nitrogens with zero attached hydrogens (tertiary/aromatic N) is 6. The van der Waals surface area contributed by atoms with Crippen LogP contribution >= 0.6 is 0 Å². The first-order chi connectivity index (χ1) is 12.5. The van der Waals surface area contributed by atoms with Crippen molar-refractivity contribution in [2.75, 3.05) is 5.01 Å². The summed E-state index contributed by atoms with van der Waals surface area (Å²) in [5.41, 5.74) is 0.684. The van der Waals surface area contributed by atoms with Crippen LogP contribution in [-0.4, -0.2) is 44.1 Å². The van der Waals surface area contributed by atoms with E-state index in [9.17, 15) is 0 Å². The molecule has 8 nitrogen and oxygen atoms in total. The minimum atomic E-state index is -0.167. The van der Waals surface area contributed by atoms with E-state index in [1.165, 1.54) is 0 Å². The fourth-order valence-electron chi connectivity index (χ4n) is 4.15. The lowest BCUT2D eigenvalue weighted by molar-refractivity contribution is -0.0186. The standard InChI is InChI=1S/C18H22N6O2/c1-18(2,3)17-21-16(26-23-17)14-11-8-10-4-5-12(25-10)15(11)24(22-14)13-9-19-6-7-20-13/h6-7,9-12,15H,4-5,8H2,1-3H3. The summed E-state index contributed by atoms with van der Waals surface area (Å²) in [6, 6.07) is 0.102. The molecule has 0 N–H and O–H groups in total. The largest absolute Gasteiger partial charge is 0.373 e. The van der Waals surface area contributed by atoms with Crippen molar-refractivity contribution in [2.24, 2.45) is 11.0 Å². The Morgan fingerprint density at radius 2 is 2.08 bits per heavy atom. The maximum Gasteiger partial charge on any atom is 0.274 e. The first kappa shape index (κ1) is 15.9. The maximum atomic E-state index is 6.18. The van der Waals surface area contributed by atoms with E-state index in [4.69, 9.17) is 14.4 Å². The summed E-state index contributed by atoms with van der Waals surface area (Å²) < 4.78 is 11.8. The van der Waals surface area contributed by atoms with Crippen molar-refractivity contribution in [3.05, 3.63) is 30.3 Å². The van der Waals surface area contributed by atoms with Crippen molar-refractivity contribution >= 4 is 11.5 Å². The number of hydrazone groups is 1. The van der Waals surface area contributed by atoms with Crippen molar-refractivity contribution in [3.8, 4) is 0 Å². The number of aromatic nitrogens is 4. The van der Waals surface area contributed by atoms with E-state index >= 15 is 0 Å². The molecular weight excluding hydrogens is 332 g/mol. The fraction of sp³-hybridized carbons (Fsp3) is 0.611. The molecule has 2 saturated heterocycles. The molecule has 26 heavy (non-hydrogen) atoms. The molecule has 8 heteroatoms. The summed E-state index contributed by atoms with van der Waals surface area (Å²) in [4.78, 5) is 13.3. The van der Waals surface area contributed by atoms with Crippen LogP contribution in [0.15, 0.2) is 28.2 Å². The zero-order valence-corrected chi connectivity index (χ0v) is 15.2. The Hall–Kier alpha value is -2.35. The number of hydrogen-bond donors (Lipinski definition) is 0. The lowest BCUT2D eigenvalue weighted by atomic mass is 9.87. The maximum absolute atomic E-state index is 6.18. The molecule has 0 aromatic carbocycles. The van der Waals surface area contributed by atoms with Crippen LogP contribution in [0, 0.1) is 5.92 Å². The van der Waals surface area contributed by atoms with Gasteiger partial charge in [-0.05, 0) is 19.3 Å². The van der Waals surface area contributed by atoms with Crippen molar-refractivity contribution < 1.29 is 9.26 Å². The van der Waals surface area contributed by atoms with Gasteiger partial charge in [0.05, 0.1) is 24.4 Å². The highest BCUT2D eigenvalue weighted by molar-refractivity contribution is 6.01. The van der Waals surface area contributed by atoms with Gasteiger partial charge in [0.2, 0.25) is 0 Å². The van der Waals surface area contributed by atoms with Crippen molar-refractivity contribution in [1.29, 1.82) is 0 Å². The molecule has 5 heterocycles. The molecule has 4 atom stereocenters. The molecular formula is C18H22N6O2. The van der Waals surface area contributed by atoms with Crippen LogP contribution in [-0.2, 0) is 10.2 Å². The van der Waals surface area contributed by atoms with Crippen molar-refractivity contribution in [3.63, 3.8) is 0 Å². The molecule has 0 radical (unpaired) electrons. The molecule has 0 amide bonds. The summed E-state index contributed by atoms with van der Waals surface area (Å²) in [5.74, 6) is 2.14. The molecule has 2 aromatic heterocycles. The number of ether oxygens (including phenoxy) is 1. The molecule has 3 aliphatic heterocycles. The highest BCUT2D eigenvalue weighted by atomic mass is 16.5. The predicted molar refractivity (Wildman–Crippen MR) is 93.8 cm³/mol. The monoisotopic (exact) mass is 354 g/mol. The van der Waals surface area contributed by atoms with Crippen LogP contribution in [0.2, 0.25) is 0 Å². The third kappa shape index (κ3) is 2.43. The average Bonchev–Trinajstić information content (AvgIpc) is 3.33. The van der Waals surface area contributed by atoms with E-state index in [1.807, 2.05) is 5.01 Å². The van der Waals surface area contributed by atoms with Gasteiger partial charge in [0, 0.05) is 23.7 Å². The molecule has 0 spiro atoms. The molecule has 5 rings (SSSR count). The van der Waals surface area contributed by atoms with E-state index in [1.54, 1.807) is 18.6 Å². The van der Waals surface area contributed by atoms with Gasteiger partial charge >= 0.3 is 0 Å². The van der Waals surface area contributed by atoms with Gasteiger partial charge in [-0.15, -0.1) is 0 Å². The summed E-state index contributed by atoms with van der Waals surface area (Å²) >= 11 is 0. The Bertz CT molecular complexity index is 843. The second kappa shape index (κ2) is 5.57. The first-order valence-electron chi connectivity index (χ1n) is 9.14. The summed E-state index contributed by atoms with van der Waals surface area (Å²) in [6.45, 7) is 6.21. The Morgan fingerprint density at radius 3 is 2.81 bits per heavy atom. The van der Waals surface area contributed by atoms with Crippen LogP contribution in [0.25, 0.3) is 0 Å². The third-order valence-electron chi connectivity index (χ3n) is 5.40. The quantitative estimate of drug-likeness (QED) is 0.817. The third-order valence-corrected chi connectivity index (χ3v) is 5.40. The molecule has 0 saturated carbocycles. The number of rotatable bonds is 2. The normalized spacial score (nSPS) is 30.4. The first-order valence-corrected chi connectivity index (χ1v) is 9.14. The van der Waals surface area contributed by atoms with Crippen LogP contribution in [0.4, 0.5) is 5.82 Å². The van der Waals surface area contributed by atoms with Gasteiger partial charge in [-0.25, -0.2) is 9.99 Å². The topological polar surface area (TPSA) is 89.5 Å². The number of fused-ring (bicyclic) bond motifs is 4. The molecule has 4 unspecified atom stereocenters. The molecule has 2 bridgehead atoms. The van der Waals surface area contributed by atoms with Gasteiger partial charge in [-0.1, -0.05) is 25.9 Å². The lowest BCUT2D eigenvalue weighted by Crippen LogP contribution is -2.47. The zero-order chi connectivity index (χ0) is 17.9. The highest BCUT2D eigenvalue weighted by Crippen LogP contribution is 2.44. The Balaban J connectivity index is 1.57. The second-order valence-electron chi connectivity index (χ2n) is 8.27. The average molecular weight is 354 g/mol. The Kier molecular flexibility index (Phi) is 3.40. The van der Waals surface area contributed by atoms with Gasteiger partial charge in [0.15, 0.2) is 11.6 Å². The molecule has 2 aromatic rings. The number of hydrogen-bond acceptors (Lipinski definition) is 8. The van der Waals surface area contributed by atoms with Gasteiger partial charge in [0.25, 0.3) is 5.89 Å². The smallest absolute Gasteiger partial charge is 0.274 e. The lowest BCUT2D eigenvalue weighted by Gasteiger charge is -2.35. The van der Waals surface area contributed by atoms with Gasteiger partial charge in [0.1, 0.15) is 5.71 Å². The SMILES string of the molecule is CC(C)(C)c1noc(C2=NN(c3cnccn3)C3C4CCC(CC23)O4)n1. The van der Waals surface area contributed by atoms with Gasteiger partial charge in [-0.2, -0.15) is 10.1 Å². The van der Waals surface area contributed by atoms with E-state index < -0.39 is 0 Å². The molecule has 0 aliphatic carbocycles. The van der Waals surface area contributed by atoms with E-state index in [-0.39, 0.29) is 23.5 Å². The summed E-state index contributed by atoms with van der Waals surface area (Å²) in [5, 5.41) is 11.0. The molecule has 2 fully saturated rings. The van der Waals surface area contributed by atoms with Gasteiger partial charge in [-0.3, -0.25) is 4.98 Å². The predicted octanol–water partition coefficient (Wildman–Crippen LogP) is 2.32. The summed E-state index contributed by atoms with van der Waals surface area (Å²) in [7, 11) is 0. The summed E-state index contributed by atoms with van der Waals surface area (Å²) in [6.07, 6.45) is 8.58. The minimum Gasteiger partial charge on any atom is -0.373 e. The van der Waals surface area contributed by atoms with E-state index in [0.717, 1.165) is 30.8 Å². The van der Waals surface area contributed by atoms with Crippen LogP contribution in [0.3, 0.4) is 0 Å². The van der Waals surface area contributed by atoms with Crippen LogP contribution < -0.4 is 5.01 Å². The number of anilines is 1. The Morgan fingerprint density at radius 1 is 1.19 bits per heavy atom. The second-order valence-corrected chi connectivity index (χ2v) is 8.27. The van der Waals surface area contributed by atoms with Gasteiger partial charge < -0.3 is 9.26 Å². The Labute approximate surface area is 151 Å².